The Balaban J connectivity index is 1.68. The van der Waals surface area contributed by atoms with E-state index in [1.165, 1.54) is 11.9 Å². The molecule has 118 valence electrons. The molecule has 0 unspecified atom stereocenters. The third-order valence-electron chi connectivity index (χ3n) is 3.41. The number of Topliss-reactive ketones (excluding diaryl/α,β-unsaturated/α-hetero) is 1. The minimum atomic E-state index is -0.511. The number of carbonyl (C=O) groups excluding carboxylic acids is 3. The molecule has 9 heteroatoms. The highest BCUT2D eigenvalue weighted by molar-refractivity contribution is 6.02. The number of rotatable bonds is 4. The fraction of sp³-hybridized carbons (Fsp3) is 0.214. The van der Waals surface area contributed by atoms with E-state index in [2.05, 4.69) is 21.0 Å². The van der Waals surface area contributed by atoms with Gasteiger partial charge in [0, 0.05) is 12.6 Å². The molecule has 0 saturated heterocycles. The van der Waals surface area contributed by atoms with Gasteiger partial charge in [-0.2, -0.15) is 5.01 Å². The largest absolute Gasteiger partial charge is 0.360 e. The number of fused-ring (bicyclic) bond motifs is 1. The Bertz CT molecular complexity index is 727. The summed E-state index contributed by atoms with van der Waals surface area (Å²) in [6, 6.07) is 8.28. The van der Waals surface area contributed by atoms with Crippen LogP contribution in [-0.4, -0.2) is 47.9 Å². The Kier molecular flexibility index (Phi) is 3.75. The number of hydrogen-bond donors (Lipinski definition) is 2. The zero-order chi connectivity index (χ0) is 16.4. The molecule has 2 N–H and O–H groups in total. The van der Waals surface area contributed by atoms with E-state index in [9.17, 15) is 14.4 Å². The van der Waals surface area contributed by atoms with Gasteiger partial charge in [-0.15, -0.1) is 5.11 Å². The lowest BCUT2D eigenvalue weighted by Crippen LogP contribution is -2.40. The third kappa shape index (κ3) is 2.76. The van der Waals surface area contributed by atoms with Crippen molar-refractivity contribution < 1.29 is 14.4 Å². The van der Waals surface area contributed by atoms with Gasteiger partial charge in [0.05, 0.1) is 13.2 Å². The van der Waals surface area contributed by atoms with Crippen molar-refractivity contribution in [3.8, 4) is 0 Å². The maximum Gasteiger partial charge on any atom is 0.348 e. The molecule has 0 aliphatic carbocycles. The van der Waals surface area contributed by atoms with Gasteiger partial charge in [0.15, 0.2) is 11.6 Å². The second-order valence-electron chi connectivity index (χ2n) is 4.93. The summed E-state index contributed by atoms with van der Waals surface area (Å²) in [7, 11) is 1.47. The molecule has 1 aromatic carbocycles. The number of ketones is 1. The minimum Gasteiger partial charge on any atom is -0.360 e. The van der Waals surface area contributed by atoms with Gasteiger partial charge in [-0.1, -0.05) is 35.6 Å². The Morgan fingerprint density at radius 1 is 1.30 bits per heavy atom. The Hall–Kier alpha value is -3.23. The summed E-state index contributed by atoms with van der Waals surface area (Å²) < 4.78 is 0. The van der Waals surface area contributed by atoms with Crippen LogP contribution in [0, 0.1) is 0 Å². The van der Waals surface area contributed by atoms with E-state index in [0.717, 1.165) is 5.01 Å². The maximum absolute atomic E-state index is 12.2. The van der Waals surface area contributed by atoms with Gasteiger partial charge in [0.2, 0.25) is 0 Å². The van der Waals surface area contributed by atoms with Crippen LogP contribution in [0.3, 0.4) is 0 Å². The van der Waals surface area contributed by atoms with E-state index in [0.29, 0.717) is 5.56 Å². The van der Waals surface area contributed by atoms with Crippen molar-refractivity contribution >= 4 is 17.7 Å². The molecule has 0 atom stereocenters. The lowest BCUT2D eigenvalue weighted by atomic mass is 10.1. The van der Waals surface area contributed by atoms with Crippen molar-refractivity contribution in [2.24, 2.45) is 10.3 Å². The first kappa shape index (κ1) is 14.7. The fourth-order valence-electron chi connectivity index (χ4n) is 2.19. The van der Waals surface area contributed by atoms with E-state index in [1.54, 1.807) is 30.3 Å². The van der Waals surface area contributed by atoms with E-state index in [1.807, 2.05) is 0 Å². The highest BCUT2D eigenvalue weighted by atomic mass is 16.2. The molecule has 0 radical (unpaired) electrons. The van der Waals surface area contributed by atoms with Gasteiger partial charge >= 0.3 is 6.03 Å². The van der Waals surface area contributed by atoms with Crippen LogP contribution in [0.25, 0.3) is 0 Å². The number of carbonyl (C=O) groups is 3. The second-order valence-corrected chi connectivity index (χ2v) is 4.93. The van der Waals surface area contributed by atoms with Crippen molar-refractivity contribution in [3.05, 3.63) is 47.4 Å². The van der Waals surface area contributed by atoms with Gasteiger partial charge in [-0.25, -0.2) is 4.79 Å². The summed E-state index contributed by atoms with van der Waals surface area (Å²) >= 11 is 0. The Morgan fingerprint density at radius 2 is 2.04 bits per heavy atom. The summed E-state index contributed by atoms with van der Waals surface area (Å²) in [5, 5.41) is 13.9. The predicted molar refractivity (Wildman–Crippen MR) is 78.7 cm³/mol. The fourth-order valence-corrected chi connectivity index (χ4v) is 2.19. The molecule has 2 aliphatic heterocycles. The molecule has 23 heavy (non-hydrogen) atoms. The Labute approximate surface area is 131 Å². The van der Waals surface area contributed by atoms with E-state index in [-0.39, 0.29) is 36.5 Å². The van der Waals surface area contributed by atoms with E-state index in [4.69, 9.17) is 0 Å². The molecule has 0 aromatic heterocycles. The van der Waals surface area contributed by atoms with Crippen LogP contribution >= 0.6 is 0 Å². The highest BCUT2D eigenvalue weighted by Gasteiger charge is 2.35. The minimum absolute atomic E-state index is 0.121. The number of hydrogen-bond acceptors (Lipinski definition) is 6. The van der Waals surface area contributed by atoms with Crippen LogP contribution in [0.4, 0.5) is 4.79 Å². The number of amides is 3. The molecule has 0 bridgehead atoms. The smallest absolute Gasteiger partial charge is 0.348 e. The van der Waals surface area contributed by atoms with Gasteiger partial charge in [0.25, 0.3) is 5.91 Å². The number of urea groups is 1. The quantitative estimate of drug-likeness (QED) is 0.787. The van der Waals surface area contributed by atoms with Crippen molar-refractivity contribution in [3.63, 3.8) is 0 Å². The predicted octanol–water partition coefficient (Wildman–Crippen LogP) is 0.450. The van der Waals surface area contributed by atoms with Crippen LogP contribution in [0.5, 0.6) is 0 Å². The molecule has 0 fully saturated rings. The summed E-state index contributed by atoms with van der Waals surface area (Å²) in [5.41, 5.74) is 0.636. The van der Waals surface area contributed by atoms with Gasteiger partial charge in [-0.05, 0) is 0 Å². The first-order valence-electron chi connectivity index (χ1n) is 6.89. The standard InChI is InChI=1S/C14H14N6O3/c1-19-14(23)20-8-16-11(12(20)17-18-19)13(22)15-7-10(21)9-5-3-2-4-6-9/h2-6,16H,7-8H2,1H3,(H,15,22). The van der Waals surface area contributed by atoms with Gasteiger partial charge < -0.3 is 10.6 Å². The molecule has 2 aliphatic rings. The average molecular weight is 314 g/mol. The summed E-state index contributed by atoms with van der Waals surface area (Å²) in [6.45, 7) is -0.0147. The first-order chi connectivity index (χ1) is 11.1. The molecule has 0 spiro atoms. The summed E-state index contributed by atoms with van der Waals surface area (Å²) in [5.74, 6) is -0.568. The monoisotopic (exact) mass is 314 g/mol. The third-order valence-corrected chi connectivity index (χ3v) is 3.41. The first-order valence-corrected chi connectivity index (χ1v) is 6.89. The second kappa shape index (κ2) is 5.87. The zero-order valence-corrected chi connectivity index (χ0v) is 12.3. The molecule has 2 heterocycles. The zero-order valence-electron chi connectivity index (χ0n) is 12.3. The van der Waals surface area contributed by atoms with Crippen LogP contribution in [0.2, 0.25) is 0 Å². The van der Waals surface area contributed by atoms with Crippen molar-refractivity contribution in [2.75, 3.05) is 20.3 Å². The van der Waals surface area contributed by atoms with Gasteiger partial charge in [-0.3, -0.25) is 14.5 Å². The van der Waals surface area contributed by atoms with E-state index >= 15 is 0 Å². The van der Waals surface area contributed by atoms with Crippen LogP contribution in [0.1, 0.15) is 10.4 Å². The summed E-state index contributed by atoms with van der Waals surface area (Å²) in [6.07, 6.45) is 0. The highest BCUT2D eigenvalue weighted by Crippen LogP contribution is 2.22. The van der Waals surface area contributed by atoms with Crippen molar-refractivity contribution in [1.82, 2.24) is 20.5 Å². The molecule has 3 rings (SSSR count). The molecule has 3 amide bonds. The SMILES string of the molecule is CN1N=NC2=C(C(=O)NCC(=O)c3ccccc3)NCN2C1=O. The van der Waals surface area contributed by atoms with Crippen LogP contribution in [-0.2, 0) is 4.79 Å². The molecule has 1 aromatic rings. The maximum atomic E-state index is 12.2. The number of nitrogens with zero attached hydrogens (tertiary/aromatic N) is 4. The number of nitrogens with one attached hydrogen (secondary N) is 2. The van der Waals surface area contributed by atoms with Crippen molar-refractivity contribution in [2.45, 2.75) is 0 Å². The molecular weight excluding hydrogens is 300 g/mol. The molecule has 9 nitrogen and oxygen atoms in total. The normalized spacial score (nSPS) is 16.3. The lowest BCUT2D eigenvalue weighted by molar-refractivity contribution is -0.117. The number of benzene rings is 1. The molecule has 0 saturated carbocycles. The van der Waals surface area contributed by atoms with Gasteiger partial charge in [0.1, 0.15) is 5.70 Å². The lowest BCUT2D eigenvalue weighted by Gasteiger charge is -2.23. The average Bonchev–Trinajstić information content (AvgIpc) is 3.01. The van der Waals surface area contributed by atoms with Crippen LogP contribution in [0.15, 0.2) is 52.2 Å². The summed E-state index contributed by atoms with van der Waals surface area (Å²) in [4.78, 5) is 37.3. The molecular formula is C14H14N6O3. The van der Waals surface area contributed by atoms with Crippen LogP contribution < -0.4 is 10.6 Å². The van der Waals surface area contributed by atoms with E-state index < -0.39 is 5.91 Å². The Morgan fingerprint density at radius 3 is 2.78 bits per heavy atom. The topological polar surface area (TPSA) is 106 Å². The van der Waals surface area contributed by atoms with Crippen molar-refractivity contribution in [1.29, 1.82) is 0 Å².